The molecular weight excluding hydrogens is 358 g/mol. The molecule has 29 heavy (non-hydrogen) atoms. The summed E-state index contributed by atoms with van der Waals surface area (Å²) < 4.78 is 0. The SMILES string of the molecule is C=C(N=C(C)Nc1c(CC)ncc(/C(C=NC)=C/C)c1C)N1CCC(C)(C)CC1. The maximum Gasteiger partial charge on any atom is 0.123 e. The van der Waals surface area contributed by atoms with Gasteiger partial charge in [-0.3, -0.25) is 9.98 Å². The van der Waals surface area contributed by atoms with Crippen LogP contribution in [0.25, 0.3) is 5.57 Å². The number of nitrogens with one attached hydrogen (secondary N) is 1. The van der Waals surface area contributed by atoms with Crippen LogP contribution in [0.5, 0.6) is 0 Å². The summed E-state index contributed by atoms with van der Waals surface area (Å²) >= 11 is 0. The number of amidine groups is 1. The maximum absolute atomic E-state index is 4.76. The van der Waals surface area contributed by atoms with Gasteiger partial charge in [-0.2, -0.15) is 0 Å². The zero-order valence-corrected chi connectivity index (χ0v) is 19.3. The van der Waals surface area contributed by atoms with Crippen LogP contribution in [-0.4, -0.2) is 42.1 Å². The van der Waals surface area contributed by atoms with E-state index in [9.17, 15) is 0 Å². The summed E-state index contributed by atoms with van der Waals surface area (Å²) in [6.45, 7) is 19.2. The molecule has 0 amide bonds. The molecule has 0 bridgehead atoms. The number of rotatable bonds is 6. The van der Waals surface area contributed by atoms with Crippen molar-refractivity contribution in [3.8, 4) is 0 Å². The largest absolute Gasteiger partial charge is 0.357 e. The Morgan fingerprint density at radius 3 is 2.55 bits per heavy atom. The first-order chi connectivity index (χ1) is 13.7. The lowest BCUT2D eigenvalue weighted by molar-refractivity contribution is 0.161. The first-order valence-electron chi connectivity index (χ1n) is 10.6. The van der Waals surface area contributed by atoms with E-state index >= 15 is 0 Å². The van der Waals surface area contributed by atoms with Crippen LogP contribution in [0, 0.1) is 12.3 Å². The molecule has 1 aromatic heterocycles. The minimum absolute atomic E-state index is 0.416. The first kappa shape index (κ1) is 22.9. The number of likely N-dealkylation sites (tertiary alicyclic amines) is 1. The lowest BCUT2D eigenvalue weighted by Gasteiger charge is -2.37. The van der Waals surface area contributed by atoms with Crippen LogP contribution in [0.15, 0.2) is 34.7 Å². The van der Waals surface area contributed by atoms with Gasteiger partial charge in [0.1, 0.15) is 11.7 Å². The highest BCUT2D eigenvalue weighted by molar-refractivity contribution is 6.11. The summed E-state index contributed by atoms with van der Waals surface area (Å²) in [6.07, 6.45) is 9.07. The number of pyridine rings is 1. The Morgan fingerprint density at radius 2 is 2.00 bits per heavy atom. The Hall–Kier alpha value is -2.43. The van der Waals surface area contributed by atoms with E-state index in [-0.39, 0.29) is 0 Å². The van der Waals surface area contributed by atoms with Crippen LogP contribution in [0.3, 0.4) is 0 Å². The molecule has 0 atom stereocenters. The van der Waals surface area contributed by atoms with Crippen molar-refractivity contribution in [1.82, 2.24) is 9.88 Å². The second-order valence-corrected chi connectivity index (χ2v) is 8.49. The van der Waals surface area contributed by atoms with Gasteiger partial charge >= 0.3 is 0 Å². The summed E-state index contributed by atoms with van der Waals surface area (Å²) in [5, 5.41) is 3.51. The number of anilines is 1. The molecule has 2 rings (SSSR count). The predicted molar refractivity (Wildman–Crippen MR) is 127 cm³/mol. The second-order valence-electron chi connectivity index (χ2n) is 8.49. The van der Waals surface area contributed by atoms with Crippen LogP contribution in [0.1, 0.15) is 64.3 Å². The zero-order chi connectivity index (χ0) is 21.6. The van der Waals surface area contributed by atoms with Crippen LogP contribution in [-0.2, 0) is 6.42 Å². The third-order valence-electron chi connectivity index (χ3n) is 5.73. The average molecular weight is 396 g/mol. The summed E-state index contributed by atoms with van der Waals surface area (Å²) in [7, 11) is 1.79. The number of hydrogen-bond donors (Lipinski definition) is 1. The van der Waals surface area contributed by atoms with E-state index < -0.39 is 0 Å². The smallest absolute Gasteiger partial charge is 0.123 e. The van der Waals surface area contributed by atoms with Gasteiger partial charge in [-0.15, -0.1) is 0 Å². The van der Waals surface area contributed by atoms with Crippen molar-refractivity contribution in [3.05, 3.63) is 41.5 Å². The van der Waals surface area contributed by atoms with Crippen molar-refractivity contribution in [2.45, 2.75) is 60.8 Å². The molecule has 0 radical (unpaired) electrons. The van der Waals surface area contributed by atoms with E-state index in [1.165, 1.54) is 12.8 Å². The Balaban J connectivity index is 2.25. The topological polar surface area (TPSA) is 52.9 Å². The Bertz CT molecular complexity index is 820. The second kappa shape index (κ2) is 9.86. The summed E-state index contributed by atoms with van der Waals surface area (Å²) in [5.41, 5.74) is 5.79. The Labute approximate surface area is 176 Å². The molecule has 0 unspecified atom stereocenters. The minimum Gasteiger partial charge on any atom is -0.357 e. The molecule has 1 aromatic rings. The van der Waals surface area contributed by atoms with Gasteiger partial charge in [0.15, 0.2) is 0 Å². The van der Waals surface area contributed by atoms with Crippen molar-refractivity contribution in [2.24, 2.45) is 15.4 Å². The Morgan fingerprint density at radius 1 is 1.34 bits per heavy atom. The highest BCUT2D eigenvalue weighted by atomic mass is 15.2. The van der Waals surface area contributed by atoms with E-state index in [4.69, 9.17) is 9.98 Å². The molecule has 2 heterocycles. The number of allylic oxidation sites excluding steroid dienone is 2. The fraction of sp³-hybridized carbons (Fsp3) is 0.542. The molecule has 158 valence electrons. The number of aryl methyl sites for hydroxylation is 1. The maximum atomic E-state index is 4.76. The zero-order valence-electron chi connectivity index (χ0n) is 19.3. The van der Waals surface area contributed by atoms with Gasteiger partial charge in [0, 0.05) is 38.1 Å². The lowest BCUT2D eigenvalue weighted by atomic mass is 9.83. The molecule has 1 aliphatic rings. The quantitative estimate of drug-likeness (QED) is 0.512. The van der Waals surface area contributed by atoms with Gasteiger partial charge in [-0.1, -0.05) is 33.4 Å². The van der Waals surface area contributed by atoms with E-state index in [1.807, 2.05) is 26.3 Å². The summed E-state index contributed by atoms with van der Waals surface area (Å²) in [6, 6.07) is 0. The van der Waals surface area contributed by atoms with Gasteiger partial charge in [-0.05, 0) is 56.6 Å². The first-order valence-corrected chi connectivity index (χ1v) is 10.6. The van der Waals surface area contributed by atoms with Gasteiger partial charge in [0.2, 0.25) is 0 Å². The molecule has 0 saturated carbocycles. The number of aliphatic imine (C=N–C) groups is 2. The third kappa shape index (κ3) is 5.78. The number of hydrogen-bond acceptors (Lipinski definition) is 4. The highest BCUT2D eigenvalue weighted by Crippen LogP contribution is 2.31. The average Bonchev–Trinajstić information content (AvgIpc) is 2.67. The molecule has 5 heteroatoms. The minimum atomic E-state index is 0.416. The normalized spacial score (nSPS) is 17.7. The molecule has 1 aliphatic heterocycles. The third-order valence-corrected chi connectivity index (χ3v) is 5.73. The van der Waals surface area contributed by atoms with E-state index in [0.29, 0.717) is 5.41 Å². The van der Waals surface area contributed by atoms with Crippen molar-refractivity contribution in [2.75, 3.05) is 25.5 Å². The predicted octanol–water partition coefficient (Wildman–Crippen LogP) is 5.48. The fourth-order valence-electron chi connectivity index (χ4n) is 3.66. The number of piperidine rings is 1. The fourth-order valence-corrected chi connectivity index (χ4v) is 3.66. The van der Waals surface area contributed by atoms with Crippen molar-refractivity contribution < 1.29 is 0 Å². The summed E-state index contributed by atoms with van der Waals surface area (Å²) in [4.78, 5) is 15.9. The lowest BCUT2D eigenvalue weighted by Crippen LogP contribution is -2.36. The molecule has 0 aromatic carbocycles. The highest BCUT2D eigenvalue weighted by Gasteiger charge is 2.25. The van der Waals surface area contributed by atoms with Gasteiger partial charge in [0.25, 0.3) is 0 Å². The van der Waals surface area contributed by atoms with Gasteiger partial charge < -0.3 is 10.2 Å². The molecule has 1 saturated heterocycles. The van der Waals surface area contributed by atoms with Crippen LogP contribution in [0.2, 0.25) is 0 Å². The molecule has 0 spiro atoms. The van der Waals surface area contributed by atoms with Crippen LogP contribution in [0.4, 0.5) is 5.69 Å². The van der Waals surface area contributed by atoms with Crippen molar-refractivity contribution in [1.29, 1.82) is 0 Å². The van der Waals surface area contributed by atoms with Gasteiger partial charge in [0.05, 0.1) is 11.4 Å². The molecule has 0 aliphatic carbocycles. The van der Waals surface area contributed by atoms with E-state index in [0.717, 1.165) is 59.2 Å². The summed E-state index contributed by atoms with van der Waals surface area (Å²) in [5.74, 6) is 1.67. The monoisotopic (exact) mass is 395 g/mol. The molecule has 5 nitrogen and oxygen atoms in total. The van der Waals surface area contributed by atoms with E-state index in [1.54, 1.807) is 7.05 Å². The number of nitrogens with zero attached hydrogens (tertiary/aromatic N) is 4. The standard InChI is InChI=1S/C24H37N5/c1-9-20(15-25-8)21-16-26-22(10-2)23(17(21)3)28-18(4)27-19(5)29-13-11-24(6,7)12-14-29/h9,15-16H,5,10-14H2,1-4,6-8H3,(H,27,28)/b20-9+,25-15?. The van der Waals surface area contributed by atoms with Gasteiger partial charge in [-0.25, -0.2) is 4.99 Å². The molecular formula is C24H37N5. The van der Waals surface area contributed by atoms with Crippen LogP contribution >= 0.6 is 0 Å². The number of aromatic nitrogens is 1. The molecule has 1 fully saturated rings. The van der Waals surface area contributed by atoms with E-state index in [2.05, 4.69) is 55.6 Å². The molecule has 1 N–H and O–H groups in total. The van der Waals surface area contributed by atoms with Crippen molar-refractivity contribution >= 4 is 23.3 Å². The van der Waals surface area contributed by atoms with Crippen LogP contribution < -0.4 is 5.32 Å². The Kier molecular flexibility index (Phi) is 7.77. The van der Waals surface area contributed by atoms with Crippen molar-refractivity contribution in [3.63, 3.8) is 0 Å².